The van der Waals surface area contributed by atoms with E-state index in [1.54, 1.807) is 17.1 Å². The summed E-state index contributed by atoms with van der Waals surface area (Å²) in [6.07, 6.45) is 4.70. The van der Waals surface area contributed by atoms with Gasteiger partial charge in [0, 0.05) is 35.8 Å². The van der Waals surface area contributed by atoms with Crippen LogP contribution in [0.3, 0.4) is 0 Å². The Kier molecular flexibility index (Phi) is 6.30. The zero-order valence-electron chi connectivity index (χ0n) is 15.3. The van der Waals surface area contributed by atoms with E-state index in [1.807, 2.05) is 55.5 Å². The van der Waals surface area contributed by atoms with Gasteiger partial charge in [-0.05, 0) is 55.2 Å². The molecule has 1 heterocycles. The molecule has 0 unspecified atom stereocenters. The van der Waals surface area contributed by atoms with Crippen molar-refractivity contribution in [2.75, 3.05) is 18.4 Å². The molecule has 0 bridgehead atoms. The summed E-state index contributed by atoms with van der Waals surface area (Å²) in [5.41, 5.74) is 2.72. The molecule has 0 atom stereocenters. The summed E-state index contributed by atoms with van der Waals surface area (Å²) in [4.78, 5) is 26.6. The van der Waals surface area contributed by atoms with Gasteiger partial charge >= 0.3 is 0 Å². The molecule has 0 aromatic heterocycles. The van der Waals surface area contributed by atoms with E-state index in [0.29, 0.717) is 31.0 Å². The van der Waals surface area contributed by atoms with E-state index in [4.69, 9.17) is 11.6 Å². The van der Waals surface area contributed by atoms with Gasteiger partial charge in [-0.1, -0.05) is 41.9 Å². The number of likely N-dealkylation sites (tertiary alicyclic amines) is 1. The Labute approximate surface area is 164 Å². The van der Waals surface area contributed by atoms with E-state index in [1.165, 1.54) is 0 Å². The van der Waals surface area contributed by atoms with E-state index in [0.717, 1.165) is 16.8 Å². The highest BCUT2D eigenvalue weighted by atomic mass is 35.5. The van der Waals surface area contributed by atoms with Crippen LogP contribution in [0.25, 0.3) is 6.08 Å². The van der Waals surface area contributed by atoms with Crippen LogP contribution in [-0.4, -0.2) is 29.8 Å². The number of piperidine rings is 1. The predicted molar refractivity (Wildman–Crippen MR) is 110 cm³/mol. The van der Waals surface area contributed by atoms with Gasteiger partial charge in [-0.3, -0.25) is 9.59 Å². The lowest BCUT2D eigenvalue weighted by atomic mass is 9.95. The quantitative estimate of drug-likeness (QED) is 0.789. The molecular formula is C22H23ClN2O2. The van der Waals surface area contributed by atoms with E-state index in [2.05, 4.69) is 5.32 Å². The molecule has 0 aliphatic carbocycles. The number of carbonyl (C=O) groups is 2. The van der Waals surface area contributed by atoms with Gasteiger partial charge < -0.3 is 10.2 Å². The summed E-state index contributed by atoms with van der Waals surface area (Å²) in [5, 5.41) is 3.63. The third-order valence-electron chi connectivity index (χ3n) is 4.83. The monoisotopic (exact) mass is 382 g/mol. The van der Waals surface area contributed by atoms with E-state index in [-0.39, 0.29) is 17.7 Å². The topological polar surface area (TPSA) is 49.4 Å². The molecule has 0 spiro atoms. The Bertz CT molecular complexity index is 841. The highest BCUT2D eigenvalue weighted by molar-refractivity contribution is 6.31. The molecule has 140 valence electrons. The number of hydrogen-bond acceptors (Lipinski definition) is 2. The lowest BCUT2D eigenvalue weighted by Crippen LogP contribution is -2.40. The number of nitrogens with zero attached hydrogens (tertiary/aromatic N) is 1. The fourth-order valence-corrected chi connectivity index (χ4v) is 3.30. The minimum Gasteiger partial charge on any atom is -0.339 e. The SMILES string of the molecule is Cc1ccc(C=CC(=O)N2CCC(C(=O)Nc3ccccc3)CC2)cc1Cl. The molecule has 0 radical (unpaired) electrons. The van der Waals surface area contributed by atoms with Crippen molar-refractivity contribution in [3.8, 4) is 0 Å². The highest BCUT2D eigenvalue weighted by Gasteiger charge is 2.26. The predicted octanol–water partition coefficient (Wildman–Crippen LogP) is 4.54. The average Bonchev–Trinajstić information content (AvgIpc) is 2.69. The standard InChI is InChI=1S/C22H23ClN2O2/c1-16-7-8-17(15-20(16)23)9-10-21(26)25-13-11-18(12-14-25)22(27)24-19-5-3-2-4-6-19/h2-10,15,18H,11-14H2,1H3,(H,24,27). The summed E-state index contributed by atoms with van der Waals surface area (Å²) in [6.45, 7) is 3.12. The Morgan fingerprint density at radius 3 is 2.48 bits per heavy atom. The maximum absolute atomic E-state index is 12.4. The lowest BCUT2D eigenvalue weighted by molar-refractivity contribution is -0.130. The van der Waals surface area contributed by atoms with E-state index < -0.39 is 0 Å². The average molecular weight is 383 g/mol. The number of halogens is 1. The number of rotatable bonds is 4. The summed E-state index contributed by atoms with van der Waals surface area (Å²) in [5.74, 6) is -0.0686. The second-order valence-electron chi connectivity index (χ2n) is 6.80. The number of amides is 2. The van der Waals surface area contributed by atoms with Crippen LogP contribution < -0.4 is 5.32 Å². The molecule has 2 amide bonds. The number of anilines is 1. The summed E-state index contributed by atoms with van der Waals surface area (Å²) in [6, 6.07) is 15.2. The molecule has 1 aliphatic rings. The third-order valence-corrected chi connectivity index (χ3v) is 5.24. The number of benzene rings is 2. The minimum absolute atomic E-state index is 0.0261. The summed E-state index contributed by atoms with van der Waals surface area (Å²) < 4.78 is 0. The number of hydrogen-bond donors (Lipinski definition) is 1. The zero-order valence-corrected chi connectivity index (χ0v) is 16.1. The number of aryl methyl sites for hydroxylation is 1. The first kappa shape index (κ1) is 19.2. The molecule has 2 aromatic carbocycles. The maximum atomic E-state index is 12.4. The largest absolute Gasteiger partial charge is 0.339 e. The van der Waals surface area contributed by atoms with Crippen molar-refractivity contribution in [3.05, 3.63) is 70.8 Å². The number of carbonyl (C=O) groups excluding carboxylic acids is 2. The molecule has 1 aliphatic heterocycles. The molecular weight excluding hydrogens is 360 g/mol. The van der Waals surface area contributed by atoms with Crippen LogP contribution in [0.5, 0.6) is 0 Å². The van der Waals surface area contributed by atoms with Gasteiger partial charge in [0.25, 0.3) is 0 Å². The van der Waals surface area contributed by atoms with Gasteiger partial charge in [0.2, 0.25) is 11.8 Å². The van der Waals surface area contributed by atoms with Crippen LogP contribution in [0.2, 0.25) is 5.02 Å². The molecule has 1 fully saturated rings. The highest BCUT2D eigenvalue weighted by Crippen LogP contribution is 2.21. The molecule has 4 nitrogen and oxygen atoms in total. The second-order valence-corrected chi connectivity index (χ2v) is 7.20. The van der Waals surface area contributed by atoms with Gasteiger partial charge in [0.15, 0.2) is 0 Å². The van der Waals surface area contributed by atoms with Crippen molar-refractivity contribution in [1.82, 2.24) is 4.90 Å². The Balaban J connectivity index is 1.50. The van der Waals surface area contributed by atoms with Gasteiger partial charge in [-0.25, -0.2) is 0 Å². The Morgan fingerprint density at radius 2 is 1.81 bits per heavy atom. The lowest BCUT2D eigenvalue weighted by Gasteiger charge is -2.30. The smallest absolute Gasteiger partial charge is 0.246 e. The molecule has 3 rings (SSSR count). The van der Waals surface area contributed by atoms with Gasteiger partial charge in [0.05, 0.1) is 0 Å². The summed E-state index contributed by atoms with van der Waals surface area (Å²) in [7, 11) is 0. The molecule has 1 saturated heterocycles. The first-order valence-electron chi connectivity index (χ1n) is 9.12. The second kappa shape index (κ2) is 8.87. The van der Waals surface area contributed by atoms with Crippen LogP contribution in [0.1, 0.15) is 24.0 Å². The van der Waals surface area contributed by atoms with E-state index in [9.17, 15) is 9.59 Å². The van der Waals surface area contributed by atoms with Crippen molar-refractivity contribution < 1.29 is 9.59 Å². The van der Waals surface area contributed by atoms with Crippen molar-refractivity contribution >= 4 is 35.2 Å². The molecule has 0 saturated carbocycles. The third kappa shape index (κ3) is 5.20. The Hall–Kier alpha value is -2.59. The fourth-order valence-electron chi connectivity index (χ4n) is 3.11. The first-order valence-corrected chi connectivity index (χ1v) is 9.50. The van der Waals surface area contributed by atoms with Crippen molar-refractivity contribution in [1.29, 1.82) is 0 Å². The van der Waals surface area contributed by atoms with Crippen molar-refractivity contribution in [3.63, 3.8) is 0 Å². The van der Waals surface area contributed by atoms with Gasteiger partial charge in [-0.2, -0.15) is 0 Å². The minimum atomic E-state index is -0.0610. The molecule has 1 N–H and O–H groups in total. The van der Waals surface area contributed by atoms with Gasteiger partial charge in [0.1, 0.15) is 0 Å². The maximum Gasteiger partial charge on any atom is 0.246 e. The normalized spacial score (nSPS) is 15.1. The number of nitrogens with one attached hydrogen (secondary N) is 1. The molecule has 27 heavy (non-hydrogen) atoms. The van der Waals surface area contributed by atoms with E-state index >= 15 is 0 Å². The molecule has 2 aromatic rings. The molecule has 5 heteroatoms. The first-order chi connectivity index (χ1) is 13.0. The van der Waals surface area contributed by atoms with Crippen LogP contribution in [-0.2, 0) is 9.59 Å². The Morgan fingerprint density at radius 1 is 1.11 bits per heavy atom. The fraction of sp³-hybridized carbons (Fsp3) is 0.273. The van der Waals surface area contributed by atoms with Crippen molar-refractivity contribution in [2.45, 2.75) is 19.8 Å². The van der Waals surface area contributed by atoms with Crippen LogP contribution in [0.4, 0.5) is 5.69 Å². The van der Waals surface area contributed by atoms with Crippen LogP contribution in [0, 0.1) is 12.8 Å². The van der Waals surface area contributed by atoms with Crippen LogP contribution >= 0.6 is 11.6 Å². The number of para-hydroxylation sites is 1. The van der Waals surface area contributed by atoms with Gasteiger partial charge in [-0.15, -0.1) is 0 Å². The van der Waals surface area contributed by atoms with Crippen LogP contribution in [0.15, 0.2) is 54.6 Å². The zero-order chi connectivity index (χ0) is 19.2. The summed E-state index contributed by atoms with van der Waals surface area (Å²) >= 11 is 6.11. The van der Waals surface area contributed by atoms with Crippen molar-refractivity contribution in [2.24, 2.45) is 5.92 Å².